The van der Waals surface area contributed by atoms with Crippen LogP contribution in [0.2, 0.25) is 0 Å². The minimum Gasteiger partial charge on any atom is -0.366 e. The molecular weight excluding hydrogens is 534 g/mol. The minimum absolute atomic E-state index is 0.0277. The maximum atomic E-state index is 14.4. The number of carbonyl (C=O) groups is 2. The van der Waals surface area contributed by atoms with Crippen LogP contribution in [0, 0.1) is 23.1 Å². The fourth-order valence-corrected chi connectivity index (χ4v) is 6.48. The Labute approximate surface area is 217 Å². The van der Waals surface area contributed by atoms with Gasteiger partial charge in [-0.2, -0.15) is 35.5 Å². The number of carbonyl (C=O) groups excluding carboxylic acids is 2. The molecule has 3 heterocycles. The highest BCUT2D eigenvalue weighted by Crippen LogP contribution is 2.32. The van der Waals surface area contributed by atoms with Gasteiger partial charge in [-0.3, -0.25) is 9.59 Å². The highest BCUT2D eigenvalue weighted by atomic mass is 32.2. The molecule has 3 aliphatic heterocycles. The Morgan fingerprint density at radius 1 is 1.18 bits per heavy atom. The van der Waals surface area contributed by atoms with Gasteiger partial charge in [-0.15, -0.1) is 0 Å². The Morgan fingerprint density at radius 3 is 2.53 bits per heavy atom. The fourth-order valence-electron chi connectivity index (χ4n) is 4.79. The number of halogens is 4. The van der Waals surface area contributed by atoms with Gasteiger partial charge in [0, 0.05) is 31.7 Å². The van der Waals surface area contributed by atoms with Crippen molar-refractivity contribution >= 4 is 22.0 Å². The van der Waals surface area contributed by atoms with Crippen LogP contribution in [0.5, 0.6) is 0 Å². The van der Waals surface area contributed by atoms with E-state index < -0.39 is 57.8 Å². The number of rotatable bonds is 6. The number of alkyl halides is 3. The number of morpholine rings is 1. The molecule has 1 N–H and O–H groups in total. The van der Waals surface area contributed by atoms with E-state index in [0.29, 0.717) is 18.9 Å². The molecule has 3 saturated heterocycles. The van der Waals surface area contributed by atoms with Gasteiger partial charge in [0.05, 0.1) is 36.7 Å². The van der Waals surface area contributed by atoms with E-state index in [4.69, 9.17) is 10.00 Å². The second kappa shape index (κ2) is 10.8. The predicted octanol–water partition coefficient (Wildman–Crippen LogP) is 1.41. The molecule has 0 aliphatic carbocycles. The highest BCUT2D eigenvalue weighted by Gasteiger charge is 2.45. The number of benzene rings is 1. The van der Waals surface area contributed by atoms with E-state index >= 15 is 0 Å². The molecule has 0 bridgehead atoms. The number of nitriles is 1. The Hall–Kier alpha value is -2.80. The fraction of sp³-hybridized carbons (Fsp3) is 0.609. The van der Waals surface area contributed by atoms with Crippen LogP contribution in [0.25, 0.3) is 0 Å². The van der Waals surface area contributed by atoms with Crippen molar-refractivity contribution < 1.29 is 40.3 Å². The average Bonchev–Trinajstić information content (AvgIpc) is 3.32. The monoisotopic (exact) mass is 561 g/mol. The van der Waals surface area contributed by atoms with Crippen molar-refractivity contribution in [1.29, 1.82) is 5.26 Å². The second-order valence-corrected chi connectivity index (χ2v) is 11.5. The maximum Gasteiger partial charge on any atom is 0.416 e. The molecule has 208 valence electrons. The van der Waals surface area contributed by atoms with E-state index in [1.807, 2.05) is 6.07 Å². The number of amides is 2. The Balaban J connectivity index is 1.39. The first-order valence-electron chi connectivity index (χ1n) is 12.1. The topological polar surface area (TPSA) is 123 Å². The van der Waals surface area contributed by atoms with Crippen LogP contribution in [0.4, 0.5) is 17.6 Å². The van der Waals surface area contributed by atoms with Crippen molar-refractivity contribution in [2.75, 3.05) is 39.3 Å². The van der Waals surface area contributed by atoms with E-state index in [1.54, 1.807) is 0 Å². The minimum atomic E-state index is -4.71. The van der Waals surface area contributed by atoms with Crippen LogP contribution in [0.15, 0.2) is 18.2 Å². The van der Waals surface area contributed by atoms with Crippen LogP contribution in [0.3, 0.4) is 0 Å². The van der Waals surface area contributed by atoms with Gasteiger partial charge in [-0.05, 0) is 31.9 Å². The summed E-state index contributed by atoms with van der Waals surface area (Å²) < 4.78 is 86.4. The number of nitrogens with zero attached hydrogens (tertiary/aromatic N) is 4. The van der Waals surface area contributed by atoms with Crippen LogP contribution in [-0.4, -0.2) is 85.2 Å². The van der Waals surface area contributed by atoms with Gasteiger partial charge in [0.1, 0.15) is 18.0 Å². The quantitative estimate of drug-likeness (QED) is 0.524. The first-order valence-corrected chi connectivity index (χ1v) is 13.5. The highest BCUT2D eigenvalue weighted by molar-refractivity contribution is 7.86. The normalized spacial score (nSPS) is 24.5. The van der Waals surface area contributed by atoms with Gasteiger partial charge < -0.3 is 15.0 Å². The summed E-state index contributed by atoms with van der Waals surface area (Å²) in [4.78, 5) is 27.5. The van der Waals surface area contributed by atoms with Gasteiger partial charge in [0.15, 0.2) is 0 Å². The summed E-state index contributed by atoms with van der Waals surface area (Å²) in [6, 6.07) is 2.17. The zero-order chi connectivity index (χ0) is 27.8. The van der Waals surface area contributed by atoms with E-state index in [-0.39, 0.29) is 50.8 Å². The molecule has 4 rings (SSSR count). The van der Waals surface area contributed by atoms with E-state index in [1.165, 1.54) is 16.1 Å². The zero-order valence-corrected chi connectivity index (χ0v) is 21.3. The third-order valence-corrected chi connectivity index (χ3v) is 8.91. The molecular formula is C23H27F4N5O5S. The van der Waals surface area contributed by atoms with Crippen LogP contribution in [-0.2, 0) is 30.7 Å². The Morgan fingerprint density at radius 2 is 1.89 bits per heavy atom. The van der Waals surface area contributed by atoms with Crippen molar-refractivity contribution in [2.45, 2.75) is 44.1 Å². The van der Waals surface area contributed by atoms with Gasteiger partial charge in [-0.1, -0.05) is 6.07 Å². The zero-order valence-electron chi connectivity index (χ0n) is 20.4. The molecule has 3 atom stereocenters. The molecule has 38 heavy (non-hydrogen) atoms. The van der Waals surface area contributed by atoms with Gasteiger partial charge >= 0.3 is 6.18 Å². The lowest BCUT2D eigenvalue weighted by Gasteiger charge is -2.40. The number of likely N-dealkylation sites (tertiary alicyclic amines) is 1. The standard InChI is InChI=1S/C23H27F4N5O5S/c1-14(17-5-4-16(9-18(17)24)23(25,26)27)29-21(33)19-3-2-6-32(19)22(34)20-13-30(7-8-37-20)38(35,36)31-11-15(10-28)12-31/h4-5,9,14-15,19-20H,2-3,6-8,11-13H2,1H3,(H,29,33)/t14-,19-,20+/m1/s1. The lowest BCUT2D eigenvalue weighted by atomic mass is 10.0. The molecule has 0 saturated carbocycles. The number of nitrogens with one attached hydrogen (secondary N) is 1. The lowest BCUT2D eigenvalue weighted by Crippen LogP contribution is -2.60. The molecule has 15 heteroatoms. The van der Waals surface area contributed by atoms with Gasteiger partial charge in [0.25, 0.3) is 16.1 Å². The SMILES string of the molecule is C[C@@H](NC(=O)[C@H]1CCCN1C(=O)[C@@H]1CN(S(=O)(=O)N2CC(C#N)C2)CCO1)c1ccc(C(F)(F)F)cc1F. The van der Waals surface area contributed by atoms with Crippen LogP contribution in [0.1, 0.15) is 36.9 Å². The summed E-state index contributed by atoms with van der Waals surface area (Å²) in [5.74, 6) is -2.65. The molecule has 1 aromatic carbocycles. The third-order valence-electron chi connectivity index (χ3n) is 6.98. The number of hydrogen-bond donors (Lipinski definition) is 1. The van der Waals surface area contributed by atoms with Crippen molar-refractivity contribution in [1.82, 2.24) is 18.8 Å². The molecule has 2 amide bonds. The van der Waals surface area contributed by atoms with Crippen molar-refractivity contribution in [3.8, 4) is 6.07 Å². The average molecular weight is 562 g/mol. The Kier molecular flexibility index (Phi) is 7.99. The summed E-state index contributed by atoms with van der Waals surface area (Å²) in [7, 11) is -3.87. The molecule has 0 radical (unpaired) electrons. The lowest BCUT2D eigenvalue weighted by molar-refractivity contribution is -0.151. The predicted molar refractivity (Wildman–Crippen MR) is 124 cm³/mol. The third kappa shape index (κ3) is 5.63. The number of hydrogen-bond acceptors (Lipinski definition) is 6. The first kappa shape index (κ1) is 28.2. The summed E-state index contributed by atoms with van der Waals surface area (Å²) in [6.07, 6.45) is -5.05. The largest absolute Gasteiger partial charge is 0.416 e. The van der Waals surface area contributed by atoms with Crippen molar-refractivity contribution in [3.63, 3.8) is 0 Å². The molecule has 0 aromatic heterocycles. The summed E-state index contributed by atoms with van der Waals surface area (Å²) in [5.41, 5.74) is -1.28. The molecule has 0 spiro atoms. The van der Waals surface area contributed by atoms with Gasteiger partial charge in [0.2, 0.25) is 5.91 Å². The second-order valence-electron chi connectivity index (χ2n) is 9.52. The van der Waals surface area contributed by atoms with E-state index in [9.17, 15) is 35.6 Å². The maximum absolute atomic E-state index is 14.4. The summed E-state index contributed by atoms with van der Waals surface area (Å²) >= 11 is 0. The molecule has 3 aliphatic rings. The van der Waals surface area contributed by atoms with Crippen molar-refractivity contribution in [2.24, 2.45) is 5.92 Å². The smallest absolute Gasteiger partial charge is 0.366 e. The Bertz CT molecular complexity index is 1230. The number of ether oxygens (including phenoxy) is 1. The van der Waals surface area contributed by atoms with Crippen LogP contribution < -0.4 is 5.32 Å². The molecule has 1 aromatic rings. The molecule has 3 fully saturated rings. The summed E-state index contributed by atoms with van der Waals surface area (Å²) in [6.45, 7) is 1.58. The molecule has 10 nitrogen and oxygen atoms in total. The van der Waals surface area contributed by atoms with E-state index in [0.717, 1.165) is 16.4 Å². The van der Waals surface area contributed by atoms with Crippen molar-refractivity contribution in [3.05, 3.63) is 35.1 Å². The van der Waals surface area contributed by atoms with E-state index in [2.05, 4.69) is 5.32 Å². The van der Waals surface area contributed by atoms with Crippen LogP contribution >= 0.6 is 0 Å². The summed E-state index contributed by atoms with van der Waals surface area (Å²) in [5, 5.41) is 11.5. The van der Waals surface area contributed by atoms with Gasteiger partial charge in [-0.25, -0.2) is 4.39 Å². The molecule has 0 unspecified atom stereocenters. The first-order chi connectivity index (χ1) is 17.8.